The van der Waals surface area contributed by atoms with Gasteiger partial charge >= 0.3 is 29.7 Å². The number of carbonyl (C=O) groups is 5. The van der Waals surface area contributed by atoms with Crippen molar-refractivity contribution in [3.05, 3.63) is 69.0 Å². The van der Waals surface area contributed by atoms with Crippen molar-refractivity contribution in [1.82, 2.24) is 25.5 Å². The molecule has 1 saturated heterocycles. The number of aliphatic carboxylic acids is 1. The first-order chi connectivity index (χ1) is 23.2. The van der Waals surface area contributed by atoms with E-state index in [9.17, 15) is 48.9 Å². The molecule has 0 saturated carbocycles. The van der Waals surface area contributed by atoms with E-state index in [4.69, 9.17) is 18.9 Å². The first-order valence-electron chi connectivity index (χ1n) is 15.1. The summed E-state index contributed by atoms with van der Waals surface area (Å²) in [6.45, 7) is 3.11. The number of nitrogens with zero attached hydrogens (tertiary/aromatic N) is 1. The van der Waals surface area contributed by atoms with Crippen molar-refractivity contribution in [3.8, 4) is 0 Å². The largest absolute Gasteiger partial charge is 0.480 e. The Morgan fingerprint density at radius 1 is 0.959 bits per heavy atom. The van der Waals surface area contributed by atoms with Gasteiger partial charge in [-0.25, -0.2) is 9.59 Å². The van der Waals surface area contributed by atoms with Gasteiger partial charge in [-0.1, -0.05) is 30.3 Å². The quantitative estimate of drug-likeness (QED) is 0.0563. The average Bonchev–Trinajstić information content (AvgIpc) is 3.36. The number of hydrogen-bond donors (Lipinski definition) is 7. The van der Waals surface area contributed by atoms with E-state index < -0.39 is 90.0 Å². The van der Waals surface area contributed by atoms with E-state index in [1.54, 1.807) is 30.3 Å². The number of aliphatic hydroxyl groups is 2. The Hall–Kier alpha value is -5.11. The van der Waals surface area contributed by atoms with E-state index in [1.807, 2.05) is 4.98 Å². The molecule has 0 bridgehead atoms. The summed E-state index contributed by atoms with van der Waals surface area (Å²) in [6, 6.07) is 6.62. The number of alkyl carbamates (subject to hydrolysis) is 1. The Kier molecular flexibility index (Phi) is 14.0. The zero-order valence-electron chi connectivity index (χ0n) is 26.8. The van der Waals surface area contributed by atoms with Crippen molar-refractivity contribution >= 4 is 29.9 Å². The Labute approximate surface area is 278 Å². The Morgan fingerprint density at radius 2 is 1.61 bits per heavy atom. The zero-order chi connectivity index (χ0) is 36.2. The van der Waals surface area contributed by atoms with Crippen LogP contribution in [0, 0.1) is 0 Å². The van der Waals surface area contributed by atoms with Crippen molar-refractivity contribution in [2.45, 2.75) is 82.6 Å². The molecule has 1 aromatic carbocycles. The van der Waals surface area contributed by atoms with Gasteiger partial charge in [-0.05, 0) is 25.5 Å². The lowest BCUT2D eigenvalue weighted by Gasteiger charge is -2.29. The number of benzene rings is 1. The third kappa shape index (κ3) is 11.0. The fourth-order valence-electron chi connectivity index (χ4n) is 4.94. The monoisotopic (exact) mass is 693 g/mol. The minimum absolute atomic E-state index is 0.0556. The number of nitrogens with one attached hydrogen (secondary N) is 4. The minimum Gasteiger partial charge on any atom is -0.480 e. The number of H-pyrrole nitrogens is 1. The Balaban J connectivity index is 1.63. The van der Waals surface area contributed by atoms with E-state index in [1.165, 1.54) is 6.92 Å². The molecule has 2 aromatic rings. The number of esters is 2. The van der Waals surface area contributed by atoms with Crippen LogP contribution >= 0.6 is 0 Å². The number of aromatic amines is 1. The predicted molar refractivity (Wildman–Crippen MR) is 165 cm³/mol. The molecule has 3 rings (SSSR count). The van der Waals surface area contributed by atoms with Crippen LogP contribution in [0.3, 0.4) is 0 Å². The van der Waals surface area contributed by atoms with Gasteiger partial charge in [0.05, 0.1) is 6.10 Å². The second-order valence-corrected chi connectivity index (χ2v) is 11.0. The molecular formula is C30H39N5O14. The summed E-state index contributed by atoms with van der Waals surface area (Å²) in [7, 11) is 0. The van der Waals surface area contributed by atoms with Crippen LogP contribution in [-0.2, 0) is 44.7 Å². The lowest BCUT2D eigenvalue weighted by atomic mass is 9.99. The summed E-state index contributed by atoms with van der Waals surface area (Å²) in [5.74, 6) is -4.08. The average molecular weight is 694 g/mol. The number of rotatable bonds is 16. The fourth-order valence-corrected chi connectivity index (χ4v) is 4.94. The molecule has 268 valence electrons. The van der Waals surface area contributed by atoms with E-state index in [0.717, 1.165) is 30.7 Å². The van der Waals surface area contributed by atoms with E-state index in [2.05, 4.69) is 16.0 Å². The van der Waals surface area contributed by atoms with Crippen molar-refractivity contribution in [1.29, 1.82) is 0 Å². The van der Waals surface area contributed by atoms with Gasteiger partial charge in [-0.2, -0.15) is 0 Å². The molecule has 19 nitrogen and oxygen atoms in total. The van der Waals surface area contributed by atoms with Gasteiger partial charge < -0.3 is 50.2 Å². The van der Waals surface area contributed by atoms with Crippen LogP contribution in [0.1, 0.15) is 39.0 Å². The number of aromatic nitrogens is 2. The molecule has 8 atom stereocenters. The highest BCUT2D eigenvalue weighted by Gasteiger charge is 2.55. The molecule has 0 spiro atoms. The van der Waals surface area contributed by atoms with Crippen molar-refractivity contribution < 1.29 is 58.2 Å². The summed E-state index contributed by atoms with van der Waals surface area (Å²) in [4.78, 5) is 87.1. The summed E-state index contributed by atoms with van der Waals surface area (Å²) in [5.41, 5.74) is -1.03. The summed E-state index contributed by atoms with van der Waals surface area (Å²) >= 11 is 0. The number of hydrogen-bond acceptors (Lipinski definition) is 14. The summed E-state index contributed by atoms with van der Waals surface area (Å²) in [6.07, 6.45) is -9.42. The lowest BCUT2D eigenvalue weighted by Crippen LogP contribution is -2.55. The highest BCUT2D eigenvalue weighted by atomic mass is 16.6. The van der Waals surface area contributed by atoms with Crippen LogP contribution in [0.25, 0.3) is 0 Å². The maximum atomic E-state index is 12.7. The number of amides is 2. The SMILES string of the molecule is CC(=O)O[C@H]1[C@@H](OC(C)=O)[C@@H](n2ccc(=O)[nH]c2=O)O[C@@H]1[C@H](O)C(NCCCNC(=O)[C@@H](NC(=O)OCc1ccccc1)[C@H](C)O)C(=O)O. The molecule has 1 unspecified atom stereocenters. The molecule has 19 heteroatoms. The molecule has 0 aliphatic carbocycles. The van der Waals surface area contributed by atoms with E-state index in [0.29, 0.717) is 5.56 Å². The van der Waals surface area contributed by atoms with Crippen LogP contribution in [0.5, 0.6) is 0 Å². The van der Waals surface area contributed by atoms with Crippen LogP contribution in [0.2, 0.25) is 0 Å². The van der Waals surface area contributed by atoms with Crippen molar-refractivity contribution in [3.63, 3.8) is 0 Å². The molecule has 49 heavy (non-hydrogen) atoms. The second-order valence-electron chi connectivity index (χ2n) is 11.0. The zero-order valence-corrected chi connectivity index (χ0v) is 26.8. The number of carbonyl (C=O) groups excluding carboxylic acids is 4. The molecule has 1 aromatic heterocycles. The third-order valence-electron chi connectivity index (χ3n) is 7.17. The van der Waals surface area contributed by atoms with Crippen LogP contribution in [-0.4, -0.2) is 110 Å². The first kappa shape index (κ1) is 38.3. The van der Waals surface area contributed by atoms with Crippen LogP contribution < -0.4 is 27.2 Å². The number of carboxylic acid groups (broad SMARTS) is 1. The first-order valence-corrected chi connectivity index (χ1v) is 15.1. The molecule has 7 N–H and O–H groups in total. The molecule has 1 fully saturated rings. The van der Waals surface area contributed by atoms with Gasteiger partial charge in [0, 0.05) is 32.7 Å². The molecule has 1 aliphatic rings. The maximum Gasteiger partial charge on any atom is 0.408 e. The predicted octanol–water partition coefficient (Wildman–Crippen LogP) is -2.12. The van der Waals surface area contributed by atoms with E-state index in [-0.39, 0.29) is 26.1 Å². The molecule has 0 radical (unpaired) electrons. The number of ether oxygens (including phenoxy) is 4. The van der Waals surface area contributed by atoms with Crippen LogP contribution in [0.4, 0.5) is 4.79 Å². The van der Waals surface area contributed by atoms with Gasteiger partial charge in [-0.3, -0.25) is 33.5 Å². The smallest absolute Gasteiger partial charge is 0.408 e. The number of aliphatic hydroxyl groups excluding tert-OH is 2. The normalized spacial score (nSPS) is 21.0. The fraction of sp³-hybridized carbons (Fsp3) is 0.500. The van der Waals surface area contributed by atoms with E-state index >= 15 is 0 Å². The topological polar surface area (TPSA) is 274 Å². The summed E-state index contributed by atoms with van der Waals surface area (Å²) < 4.78 is 22.2. The Bertz CT molecular complexity index is 1580. The molecule has 2 heterocycles. The number of carboxylic acids is 1. The van der Waals surface area contributed by atoms with Gasteiger partial charge in [0.15, 0.2) is 18.4 Å². The van der Waals surface area contributed by atoms with Crippen molar-refractivity contribution in [2.24, 2.45) is 0 Å². The van der Waals surface area contributed by atoms with Gasteiger partial charge in [0.2, 0.25) is 5.91 Å². The lowest BCUT2D eigenvalue weighted by molar-refractivity contribution is -0.167. The summed E-state index contributed by atoms with van der Waals surface area (Å²) in [5, 5.41) is 38.5. The molecule has 1 aliphatic heterocycles. The molecule has 2 amide bonds. The molecular weight excluding hydrogens is 654 g/mol. The maximum absolute atomic E-state index is 12.7. The standard InChI is InChI=1S/C30H39N5O14/c1-15(36)20(34-30(45)46-14-18-8-5-4-6-9-18)26(41)32-12-7-11-31-21(28(42)43)22(40)23-24(47-16(2)37)25(48-17(3)38)27(49-23)35-13-10-19(39)33-29(35)44/h4-6,8-10,13,15,20-25,27,31,36,40H,7,11-12,14H2,1-3H3,(H,32,41)(H,34,45)(H,42,43)(H,33,39,44)/t15-,20-,21?,22+,23+,24+,25+,27-/m0/s1. The van der Waals surface area contributed by atoms with Gasteiger partial charge in [0.25, 0.3) is 5.56 Å². The van der Waals surface area contributed by atoms with Gasteiger partial charge in [0.1, 0.15) is 30.9 Å². The van der Waals surface area contributed by atoms with Crippen LogP contribution in [0.15, 0.2) is 52.2 Å². The highest BCUT2D eigenvalue weighted by Crippen LogP contribution is 2.35. The highest BCUT2D eigenvalue weighted by molar-refractivity contribution is 5.86. The second kappa shape index (κ2) is 17.9. The Morgan fingerprint density at radius 3 is 2.20 bits per heavy atom. The minimum atomic E-state index is -1.97. The third-order valence-corrected chi connectivity index (χ3v) is 7.17. The van der Waals surface area contributed by atoms with Gasteiger partial charge in [-0.15, -0.1) is 0 Å². The van der Waals surface area contributed by atoms with Crippen molar-refractivity contribution in [2.75, 3.05) is 13.1 Å².